The Bertz CT molecular complexity index is 754. The highest BCUT2D eigenvalue weighted by atomic mass is 32.2. The number of carboxylic acids is 1. The number of hydrogen-bond acceptors (Lipinski definition) is 5. The molecule has 0 fully saturated rings. The van der Waals surface area contributed by atoms with Crippen LogP contribution in [0.25, 0.3) is 10.6 Å². The molecule has 118 valence electrons. The Hall–Kier alpha value is -1.77. The number of benzene rings is 1. The Morgan fingerprint density at radius 2 is 1.91 bits per heavy atom. The van der Waals surface area contributed by atoms with Gasteiger partial charge in [0.2, 0.25) is 0 Å². The van der Waals surface area contributed by atoms with Crippen LogP contribution in [0.2, 0.25) is 0 Å². The summed E-state index contributed by atoms with van der Waals surface area (Å²) in [5.41, 5.74) is 0.813. The lowest BCUT2D eigenvalue weighted by Crippen LogP contribution is -2.43. The van der Waals surface area contributed by atoms with Crippen LogP contribution in [0.1, 0.15) is 13.8 Å². The van der Waals surface area contributed by atoms with Crippen LogP contribution >= 0.6 is 11.3 Å². The molecule has 0 saturated carbocycles. The van der Waals surface area contributed by atoms with Crippen molar-refractivity contribution in [2.45, 2.75) is 24.1 Å². The van der Waals surface area contributed by atoms with Gasteiger partial charge in [0.25, 0.3) is 10.0 Å². The van der Waals surface area contributed by atoms with Crippen molar-refractivity contribution >= 4 is 27.3 Å². The van der Waals surface area contributed by atoms with Crippen molar-refractivity contribution < 1.29 is 18.3 Å². The second-order valence-corrected chi connectivity index (χ2v) is 8.00. The minimum Gasteiger partial charge on any atom is -0.480 e. The second-order valence-electron chi connectivity index (χ2n) is 5.03. The fourth-order valence-electron chi connectivity index (χ4n) is 1.79. The van der Waals surface area contributed by atoms with Gasteiger partial charge in [-0.2, -0.15) is 4.72 Å². The van der Waals surface area contributed by atoms with Crippen molar-refractivity contribution in [1.29, 1.82) is 0 Å². The Balaban J connectivity index is 2.28. The van der Waals surface area contributed by atoms with Gasteiger partial charge >= 0.3 is 5.97 Å². The molecule has 1 heterocycles. The molecule has 0 saturated heterocycles. The molecule has 0 radical (unpaired) electrons. The number of rotatable bonds is 6. The predicted octanol–water partition coefficient (Wildman–Crippen LogP) is 2.20. The van der Waals surface area contributed by atoms with Crippen molar-refractivity contribution in [1.82, 2.24) is 9.71 Å². The molecule has 0 unspecified atom stereocenters. The molecule has 22 heavy (non-hydrogen) atoms. The van der Waals surface area contributed by atoms with E-state index in [1.807, 2.05) is 30.3 Å². The molecule has 1 atom stereocenters. The summed E-state index contributed by atoms with van der Waals surface area (Å²) in [6, 6.07) is 8.02. The number of thiazole rings is 1. The largest absolute Gasteiger partial charge is 0.480 e. The second kappa shape index (κ2) is 6.55. The molecule has 0 amide bonds. The number of nitrogens with one attached hydrogen (secondary N) is 1. The van der Waals surface area contributed by atoms with E-state index in [2.05, 4.69) is 9.71 Å². The van der Waals surface area contributed by atoms with Crippen LogP contribution in [0.5, 0.6) is 0 Å². The highest BCUT2D eigenvalue weighted by Crippen LogP contribution is 2.27. The third-order valence-corrected chi connectivity index (χ3v) is 5.93. The molecule has 1 aromatic carbocycles. The number of hydrogen-bond donors (Lipinski definition) is 2. The third-order valence-electron chi connectivity index (χ3n) is 2.98. The maximum atomic E-state index is 12.3. The third kappa shape index (κ3) is 3.70. The van der Waals surface area contributed by atoms with E-state index in [9.17, 15) is 13.2 Å². The monoisotopic (exact) mass is 340 g/mol. The summed E-state index contributed by atoms with van der Waals surface area (Å²) in [6.07, 6.45) is 1.24. The average molecular weight is 340 g/mol. The van der Waals surface area contributed by atoms with Gasteiger partial charge < -0.3 is 5.11 Å². The molecule has 6 nitrogen and oxygen atoms in total. The van der Waals surface area contributed by atoms with Gasteiger partial charge in [0.1, 0.15) is 11.0 Å². The summed E-state index contributed by atoms with van der Waals surface area (Å²) in [6.45, 7) is 3.28. The highest BCUT2D eigenvalue weighted by molar-refractivity contribution is 7.91. The van der Waals surface area contributed by atoms with E-state index in [1.54, 1.807) is 13.8 Å². The SMILES string of the molecule is CC(C)[C@@H](NS(=O)(=O)c1cnc(-c2ccccc2)s1)C(=O)O. The molecule has 0 aliphatic carbocycles. The first kappa shape index (κ1) is 16.6. The lowest BCUT2D eigenvalue weighted by atomic mass is 10.1. The minimum absolute atomic E-state index is 0.00162. The van der Waals surface area contributed by atoms with E-state index in [-0.39, 0.29) is 10.1 Å². The molecule has 2 rings (SSSR count). The quantitative estimate of drug-likeness (QED) is 0.840. The molecular weight excluding hydrogens is 324 g/mol. The lowest BCUT2D eigenvalue weighted by Gasteiger charge is -2.16. The number of carbonyl (C=O) groups is 1. The molecular formula is C14H16N2O4S2. The van der Waals surface area contributed by atoms with E-state index in [0.717, 1.165) is 16.9 Å². The topological polar surface area (TPSA) is 96.4 Å². The van der Waals surface area contributed by atoms with Crippen molar-refractivity contribution in [2.24, 2.45) is 5.92 Å². The molecule has 2 aromatic rings. The number of aliphatic carboxylic acids is 1. The summed E-state index contributed by atoms with van der Waals surface area (Å²) in [7, 11) is -3.91. The van der Waals surface area contributed by atoms with E-state index in [0.29, 0.717) is 5.01 Å². The van der Waals surface area contributed by atoms with Crippen molar-refractivity contribution in [2.75, 3.05) is 0 Å². The minimum atomic E-state index is -3.91. The zero-order chi connectivity index (χ0) is 16.3. The summed E-state index contributed by atoms with van der Waals surface area (Å²) < 4.78 is 26.8. The Labute approximate surface area is 132 Å². The molecule has 2 N–H and O–H groups in total. The summed E-state index contributed by atoms with van der Waals surface area (Å²) >= 11 is 1.00. The van der Waals surface area contributed by atoms with Gasteiger partial charge in [0.05, 0.1) is 6.20 Å². The number of aromatic nitrogens is 1. The Morgan fingerprint density at radius 3 is 2.45 bits per heavy atom. The maximum Gasteiger partial charge on any atom is 0.322 e. The molecule has 0 aliphatic rings. The first-order valence-corrected chi connectivity index (χ1v) is 8.87. The molecule has 0 aliphatic heterocycles. The predicted molar refractivity (Wildman–Crippen MR) is 84.1 cm³/mol. The van der Waals surface area contributed by atoms with Crippen LogP contribution < -0.4 is 4.72 Å². The number of sulfonamides is 1. The van der Waals surface area contributed by atoms with Crippen LogP contribution in [-0.4, -0.2) is 30.5 Å². The van der Waals surface area contributed by atoms with Crippen molar-refractivity contribution in [3.8, 4) is 10.6 Å². The van der Waals surface area contributed by atoms with Crippen LogP contribution in [-0.2, 0) is 14.8 Å². The van der Waals surface area contributed by atoms with Gasteiger partial charge in [-0.25, -0.2) is 13.4 Å². The zero-order valence-corrected chi connectivity index (χ0v) is 13.7. The maximum absolute atomic E-state index is 12.3. The Kier molecular flexibility index (Phi) is 4.94. The van der Waals surface area contributed by atoms with E-state index in [1.165, 1.54) is 6.20 Å². The number of nitrogens with zero attached hydrogens (tertiary/aromatic N) is 1. The summed E-state index contributed by atoms with van der Waals surface area (Å²) in [5, 5.41) is 9.66. The van der Waals surface area contributed by atoms with Gasteiger partial charge in [0, 0.05) is 5.56 Å². The number of carboxylic acid groups (broad SMARTS) is 1. The van der Waals surface area contributed by atoms with Crippen molar-refractivity contribution in [3.05, 3.63) is 36.5 Å². The summed E-state index contributed by atoms with van der Waals surface area (Å²) in [4.78, 5) is 15.2. The van der Waals surface area contributed by atoms with Crippen LogP contribution in [0.4, 0.5) is 0 Å². The van der Waals surface area contributed by atoms with Gasteiger partial charge in [-0.1, -0.05) is 44.2 Å². The molecule has 0 spiro atoms. The highest BCUT2D eigenvalue weighted by Gasteiger charge is 2.29. The zero-order valence-electron chi connectivity index (χ0n) is 12.1. The lowest BCUT2D eigenvalue weighted by molar-refractivity contribution is -0.140. The van der Waals surface area contributed by atoms with Gasteiger partial charge in [-0.05, 0) is 5.92 Å². The molecule has 8 heteroatoms. The van der Waals surface area contributed by atoms with E-state index < -0.39 is 22.0 Å². The van der Waals surface area contributed by atoms with E-state index in [4.69, 9.17) is 5.11 Å². The van der Waals surface area contributed by atoms with Crippen LogP contribution in [0.15, 0.2) is 40.7 Å². The Morgan fingerprint density at radius 1 is 1.27 bits per heavy atom. The van der Waals surface area contributed by atoms with Crippen LogP contribution in [0.3, 0.4) is 0 Å². The van der Waals surface area contributed by atoms with Crippen molar-refractivity contribution in [3.63, 3.8) is 0 Å². The summed E-state index contributed by atoms with van der Waals surface area (Å²) in [5.74, 6) is -1.57. The van der Waals surface area contributed by atoms with Gasteiger partial charge in [0.15, 0.2) is 4.21 Å². The standard InChI is InChI=1S/C14H16N2O4S2/c1-9(2)12(14(17)18)16-22(19,20)11-8-15-13(21-11)10-6-4-3-5-7-10/h3-9,12,16H,1-2H3,(H,17,18)/t12-/m1/s1. The normalized spacial score (nSPS) is 13.2. The first-order chi connectivity index (χ1) is 10.3. The van der Waals surface area contributed by atoms with Gasteiger partial charge in [-0.15, -0.1) is 11.3 Å². The van der Waals surface area contributed by atoms with Crippen LogP contribution in [0, 0.1) is 5.92 Å². The van der Waals surface area contributed by atoms with Gasteiger partial charge in [-0.3, -0.25) is 4.79 Å². The van der Waals surface area contributed by atoms with E-state index >= 15 is 0 Å². The molecule has 0 bridgehead atoms. The average Bonchev–Trinajstić information content (AvgIpc) is 2.96. The fraction of sp³-hybridized carbons (Fsp3) is 0.286. The first-order valence-electron chi connectivity index (χ1n) is 6.57. The molecule has 1 aromatic heterocycles. The smallest absolute Gasteiger partial charge is 0.322 e. The fourth-order valence-corrected chi connectivity index (χ4v) is 4.28.